The maximum Gasteiger partial charge on any atom is 0.307 e. The lowest BCUT2D eigenvalue weighted by molar-refractivity contribution is -0.141. The van der Waals surface area contributed by atoms with Crippen LogP contribution in [0.5, 0.6) is 0 Å². The Morgan fingerprint density at radius 2 is 2.04 bits per heavy atom. The third-order valence-electron chi connectivity index (χ3n) is 4.12. The monoisotopic (exact) mass is 383 g/mol. The molecule has 0 unspecified atom stereocenters. The molecule has 0 spiro atoms. The van der Waals surface area contributed by atoms with Crippen molar-refractivity contribution in [3.8, 4) is 5.69 Å². The third kappa shape index (κ3) is 5.27. The van der Waals surface area contributed by atoms with Crippen LogP contribution in [0.4, 0.5) is 0 Å². The summed E-state index contributed by atoms with van der Waals surface area (Å²) in [5, 5.41) is 9.20. The van der Waals surface area contributed by atoms with E-state index in [0.29, 0.717) is 12.8 Å². The third-order valence-corrected chi connectivity index (χ3v) is 5.10. The molecule has 3 aromatic rings. The Hall–Kier alpha value is -2.93. The number of carbonyl (C=O) groups excluding carboxylic acids is 2. The van der Waals surface area contributed by atoms with Gasteiger partial charge in [-0.3, -0.25) is 9.59 Å². The van der Waals surface area contributed by atoms with Crippen LogP contribution < -0.4 is 5.32 Å². The molecule has 0 aliphatic carbocycles. The summed E-state index contributed by atoms with van der Waals surface area (Å²) in [5.41, 5.74) is 1.96. The summed E-state index contributed by atoms with van der Waals surface area (Å²) in [4.78, 5) is 25.0. The van der Waals surface area contributed by atoms with Gasteiger partial charge in [0.2, 0.25) is 5.91 Å². The van der Waals surface area contributed by atoms with Crippen molar-refractivity contribution in [2.75, 3.05) is 7.11 Å². The number of methoxy groups -OCH3 is 1. The van der Waals surface area contributed by atoms with E-state index in [9.17, 15) is 9.59 Å². The number of benzene rings is 1. The lowest BCUT2D eigenvalue weighted by Gasteiger charge is -2.16. The Morgan fingerprint density at radius 3 is 2.74 bits per heavy atom. The first-order chi connectivity index (χ1) is 13.2. The van der Waals surface area contributed by atoms with Gasteiger partial charge in [-0.15, -0.1) is 11.3 Å². The van der Waals surface area contributed by atoms with Crippen molar-refractivity contribution >= 4 is 23.2 Å². The lowest BCUT2D eigenvalue weighted by Crippen LogP contribution is -2.30. The number of amides is 1. The highest BCUT2D eigenvalue weighted by Gasteiger charge is 2.19. The Balaban J connectivity index is 1.57. The summed E-state index contributed by atoms with van der Waals surface area (Å²) in [6, 6.07) is 13.3. The molecule has 6 nitrogen and oxygen atoms in total. The van der Waals surface area contributed by atoms with Crippen LogP contribution in [-0.4, -0.2) is 28.8 Å². The number of aryl methyl sites for hydroxylation is 1. The predicted octanol–water partition coefficient (Wildman–Crippen LogP) is 3.29. The topological polar surface area (TPSA) is 73.2 Å². The SMILES string of the molecule is COC(=O)C[C@@H](NC(=O)CCc1cnn(-c2ccccc2)c1)c1cccs1. The molecule has 2 aromatic heterocycles. The highest BCUT2D eigenvalue weighted by Crippen LogP contribution is 2.22. The molecule has 1 atom stereocenters. The van der Waals surface area contributed by atoms with Gasteiger partial charge in [0.15, 0.2) is 0 Å². The zero-order valence-corrected chi connectivity index (χ0v) is 15.8. The maximum absolute atomic E-state index is 12.4. The first kappa shape index (κ1) is 18.8. The van der Waals surface area contributed by atoms with Crippen molar-refractivity contribution in [3.63, 3.8) is 0 Å². The normalized spacial score (nSPS) is 11.7. The van der Waals surface area contributed by atoms with Gasteiger partial charge in [-0.2, -0.15) is 5.10 Å². The van der Waals surface area contributed by atoms with Crippen LogP contribution in [0.25, 0.3) is 5.69 Å². The standard InChI is InChI=1S/C20H21N3O3S/c1-26-20(25)12-17(18-8-5-11-27-18)22-19(24)10-9-15-13-21-23(14-15)16-6-3-2-4-7-16/h2-8,11,13-14,17H,9-10,12H2,1H3,(H,22,24)/t17-/m1/s1. The van der Waals surface area contributed by atoms with E-state index in [-0.39, 0.29) is 24.3 Å². The lowest BCUT2D eigenvalue weighted by atomic mass is 10.1. The van der Waals surface area contributed by atoms with Gasteiger partial charge in [-0.1, -0.05) is 24.3 Å². The summed E-state index contributed by atoms with van der Waals surface area (Å²) in [6.45, 7) is 0. The number of esters is 1. The maximum atomic E-state index is 12.4. The molecule has 0 aliphatic rings. The molecule has 0 radical (unpaired) electrons. The van der Waals surface area contributed by atoms with Gasteiger partial charge < -0.3 is 10.1 Å². The molecular weight excluding hydrogens is 362 g/mol. The minimum absolute atomic E-state index is 0.107. The largest absolute Gasteiger partial charge is 0.469 e. The number of rotatable bonds is 8. The highest BCUT2D eigenvalue weighted by atomic mass is 32.1. The second-order valence-corrected chi connectivity index (χ2v) is 7.02. The molecule has 27 heavy (non-hydrogen) atoms. The summed E-state index contributed by atoms with van der Waals surface area (Å²) < 4.78 is 6.53. The summed E-state index contributed by atoms with van der Waals surface area (Å²) in [5.74, 6) is -0.456. The van der Waals surface area contributed by atoms with Crippen LogP contribution >= 0.6 is 11.3 Å². The minimum atomic E-state index is -0.364. The molecule has 2 heterocycles. The molecule has 0 aliphatic heterocycles. The molecule has 1 amide bonds. The number of thiophene rings is 1. The first-order valence-corrected chi connectivity index (χ1v) is 9.52. The number of nitrogens with zero attached hydrogens (tertiary/aromatic N) is 2. The van der Waals surface area contributed by atoms with Gasteiger partial charge in [-0.05, 0) is 35.6 Å². The fraction of sp³-hybridized carbons (Fsp3) is 0.250. The van der Waals surface area contributed by atoms with E-state index >= 15 is 0 Å². The van der Waals surface area contributed by atoms with Crippen LogP contribution in [0.2, 0.25) is 0 Å². The van der Waals surface area contributed by atoms with E-state index < -0.39 is 0 Å². The van der Waals surface area contributed by atoms with Crippen LogP contribution in [0, 0.1) is 0 Å². The smallest absolute Gasteiger partial charge is 0.307 e. The Morgan fingerprint density at radius 1 is 1.22 bits per heavy atom. The number of hydrogen-bond acceptors (Lipinski definition) is 5. The van der Waals surface area contributed by atoms with E-state index in [4.69, 9.17) is 4.74 Å². The van der Waals surface area contributed by atoms with E-state index in [0.717, 1.165) is 16.1 Å². The van der Waals surface area contributed by atoms with Crippen molar-refractivity contribution in [3.05, 3.63) is 70.7 Å². The Labute approximate surface area is 161 Å². The van der Waals surface area contributed by atoms with Crippen molar-refractivity contribution in [1.29, 1.82) is 0 Å². The van der Waals surface area contributed by atoms with Crippen LogP contribution in [0.1, 0.15) is 29.3 Å². The second kappa shape index (κ2) is 9.14. The van der Waals surface area contributed by atoms with E-state index in [1.165, 1.54) is 18.4 Å². The number of carbonyl (C=O) groups is 2. The Kier molecular flexibility index (Phi) is 6.38. The summed E-state index contributed by atoms with van der Waals surface area (Å²) >= 11 is 1.51. The number of nitrogens with one attached hydrogen (secondary N) is 1. The Bertz CT molecular complexity index is 875. The number of ether oxygens (including phenoxy) is 1. The van der Waals surface area contributed by atoms with Crippen molar-refractivity contribution < 1.29 is 14.3 Å². The van der Waals surface area contributed by atoms with Gasteiger partial charge in [0, 0.05) is 17.5 Å². The first-order valence-electron chi connectivity index (χ1n) is 8.64. The average Bonchev–Trinajstić information content (AvgIpc) is 3.38. The molecule has 0 bridgehead atoms. The van der Waals surface area contributed by atoms with Crippen LogP contribution in [0.3, 0.4) is 0 Å². The minimum Gasteiger partial charge on any atom is -0.469 e. The van der Waals surface area contributed by atoms with Crippen molar-refractivity contribution in [2.24, 2.45) is 0 Å². The highest BCUT2D eigenvalue weighted by molar-refractivity contribution is 7.10. The van der Waals surface area contributed by atoms with Crippen LogP contribution in [-0.2, 0) is 20.7 Å². The fourth-order valence-electron chi connectivity index (χ4n) is 2.70. The molecular formula is C20H21N3O3S. The van der Waals surface area contributed by atoms with Gasteiger partial charge in [0.1, 0.15) is 0 Å². The van der Waals surface area contributed by atoms with Gasteiger partial charge in [0.25, 0.3) is 0 Å². The summed E-state index contributed by atoms with van der Waals surface area (Å²) in [6.07, 6.45) is 4.71. The number of para-hydroxylation sites is 1. The second-order valence-electron chi connectivity index (χ2n) is 6.04. The summed E-state index contributed by atoms with van der Waals surface area (Å²) in [7, 11) is 1.35. The predicted molar refractivity (Wildman–Crippen MR) is 104 cm³/mol. The molecule has 0 fully saturated rings. The number of hydrogen-bond donors (Lipinski definition) is 1. The van der Waals surface area contributed by atoms with Crippen molar-refractivity contribution in [2.45, 2.75) is 25.3 Å². The molecule has 1 N–H and O–H groups in total. The molecule has 1 aromatic carbocycles. The van der Waals surface area contributed by atoms with E-state index in [1.807, 2.05) is 54.0 Å². The van der Waals surface area contributed by atoms with Gasteiger partial charge in [0.05, 0.1) is 31.5 Å². The van der Waals surface area contributed by atoms with Crippen molar-refractivity contribution in [1.82, 2.24) is 15.1 Å². The van der Waals surface area contributed by atoms with Gasteiger partial charge >= 0.3 is 5.97 Å². The molecule has 3 rings (SSSR count). The molecule has 140 valence electrons. The van der Waals surface area contributed by atoms with E-state index in [1.54, 1.807) is 10.9 Å². The molecule has 7 heteroatoms. The fourth-order valence-corrected chi connectivity index (χ4v) is 3.48. The van der Waals surface area contributed by atoms with E-state index in [2.05, 4.69) is 10.4 Å². The number of aromatic nitrogens is 2. The van der Waals surface area contributed by atoms with Crippen LogP contribution in [0.15, 0.2) is 60.2 Å². The van der Waals surface area contributed by atoms with Gasteiger partial charge in [-0.25, -0.2) is 4.68 Å². The quantitative estimate of drug-likeness (QED) is 0.606. The average molecular weight is 383 g/mol. The molecule has 0 saturated carbocycles. The zero-order chi connectivity index (χ0) is 19.1. The molecule has 0 saturated heterocycles. The zero-order valence-electron chi connectivity index (χ0n) is 15.0.